The molecule has 1 saturated carbocycles. The van der Waals surface area contributed by atoms with E-state index in [9.17, 15) is 4.79 Å². The molecule has 5 nitrogen and oxygen atoms in total. The van der Waals surface area contributed by atoms with Crippen molar-refractivity contribution >= 4 is 29.4 Å². The summed E-state index contributed by atoms with van der Waals surface area (Å²) in [5.74, 6) is 0.521. The molecule has 0 aliphatic heterocycles. The van der Waals surface area contributed by atoms with E-state index in [0.29, 0.717) is 28.4 Å². The maximum atomic E-state index is 10.9. The molecule has 2 aromatic rings. The number of aromatic nitrogens is 1. The molecule has 1 aromatic heterocycles. The third-order valence-electron chi connectivity index (χ3n) is 3.74. The molecule has 23 heavy (non-hydrogen) atoms. The van der Waals surface area contributed by atoms with Crippen molar-refractivity contribution in [2.45, 2.75) is 18.4 Å². The van der Waals surface area contributed by atoms with Crippen LogP contribution in [-0.2, 0) is 4.79 Å². The van der Waals surface area contributed by atoms with E-state index in [1.807, 2.05) is 18.2 Å². The quantitative estimate of drug-likeness (QED) is 0.447. The molecule has 3 rings (SSSR count). The molecule has 6 heteroatoms. The molecule has 1 fully saturated rings. The standard InChI is InChI=1S/C17H16ClN3O2/c18-14-8-11(6-7-16(22)21-23)10-19-17(14)20-15-9-13(15)12-4-2-1-3-5-12/h1-8,10,13,15,23H,9H2,(H,19,20)(H,21,22)/t13-,15+/m1/s1. The first-order valence-electron chi connectivity index (χ1n) is 7.26. The van der Waals surface area contributed by atoms with Crippen LogP contribution in [-0.4, -0.2) is 22.1 Å². The van der Waals surface area contributed by atoms with E-state index >= 15 is 0 Å². The highest BCUT2D eigenvalue weighted by atomic mass is 35.5. The smallest absolute Gasteiger partial charge is 0.267 e. The van der Waals surface area contributed by atoms with Gasteiger partial charge in [-0.05, 0) is 29.7 Å². The molecule has 0 unspecified atom stereocenters. The zero-order chi connectivity index (χ0) is 16.2. The van der Waals surface area contributed by atoms with Gasteiger partial charge in [0.2, 0.25) is 0 Å². The van der Waals surface area contributed by atoms with Crippen molar-refractivity contribution in [3.63, 3.8) is 0 Å². The number of rotatable bonds is 5. The average Bonchev–Trinajstić information content (AvgIpc) is 3.35. The van der Waals surface area contributed by atoms with Crippen molar-refractivity contribution in [1.29, 1.82) is 0 Å². The highest BCUT2D eigenvalue weighted by Gasteiger charge is 2.38. The van der Waals surface area contributed by atoms with Gasteiger partial charge in [0.1, 0.15) is 5.82 Å². The van der Waals surface area contributed by atoms with Crippen molar-refractivity contribution in [3.05, 3.63) is 64.8 Å². The Kier molecular flexibility index (Phi) is 4.60. The number of pyridine rings is 1. The second-order valence-electron chi connectivity index (χ2n) is 5.41. The number of hydrogen-bond acceptors (Lipinski definition) is 4. The van der Waals surface area contributed by atoms with Crippen LogP contribution in [0.25, 0.3) is 6.08 Å². The third kappa shape index (κ3) is 3.88. The van der Waals surface area contributed by atoms with Crippen molar-refractivity contribution in [1.82, 2.24) is 10.5 Å². The summed E-state index contributed by atoms with van der Waals surface area (Å²) < 4.78 is 0. The highest BCUT2D eigenvalue weighted by molar-refractivity contribution is 6.33. The zero-order valence-corrected chi connectivity index (χ0v) is 13.0. The topological polar surface area (TPSA) is 74.2 Å². The number of hydroxylamine groups is 1. The van der Waals surface area contributed by atoms with E-state index in [4.69, 9.17) is 16.8 Å². The summed E-state index contributed by atoms with van der Waals surface area (Å²) in [5.41, 5.74) is 3.52. The van der Waals surface area contributed by atoms with Crippen LogP contribution in [0.2, 0.25) is 5.02 Å². The molecule has 0 spiro atoms. The van der Waals surface area contributed by atoms with Crippen LogP contribution in [0.5, 0.6) is 0 Å². The monoisotopic (exact) mass is 329 g/mol. The number of halogens is 1. The summed E-state index contributed by atoms with van der Waals surface area (Å²) in [5, 5.41) is 12.3. The Labute approximate surface area is 139 Å². The van der Waals surface area contributed by atoms with Crippen LogP contribution < -0.4 is 10.8 Å². The first kappa shape index (κ1) is 15.5. The lowest BCUT2D eigenvalue weighted by atomic mass is 10.1. The second-order valence-corrected chi connectivity index (χ2v) is 5.82. The van der Waals surface area contributed by atoms with E-state index in [-0.39, 0.29) is 0 Å². The van der Waals surface area contributed by atoms with Gasteiger partial charge in [0.05, 0.1) is 5.02 Å². The Morgan fingerprint density at radius 2 is 2.13 bits per heavy atom. The lowest BCUT2D eigenvalue weighted by molar-refractivity contribution is -0.124. The van der Waals surface area contributed by atoms with Crippen molar-refractivity contribution in [2.24, 2.45) is 0 Å². The SMILES string of the molecule is O=C(C=Cc1cnc(N[C@H]2C[C@@H]2c2ccccc2)c(Cl)c1)NO. The van der Waals surface area contributed by atoms with Crippen LogP contribution in [0.15, 0.2) is 48.7 Å². The molecule has 1 aromatic carbocycles. The molecule has 1 aliphatic carbocycles. The minimum absolute atomic E-state index is 0.337. The number of amides is 1. The Morgan fingerprint density at radius 3 is 2.83 bits per heavy atom. The van der Waals surface area contributed by atoms with Gasteiger partial charge in [-0.2, -0.15) is 0 Å². The maximum Gasteiger partial charge on any atom is 0.267 e. The Bertz CT molecular complexity index is 734. The van der Waals surface area contributed by atoms with Gasteiger partial charge in [-0.1, -0.05) is 41.9 Å². The fourth-order valence-corrected chi connectivity index (χ4v) is 2.69. The highest BCUT2D eigenvalue weighted by Crippen LogP contribution is 2.43. The lowest BCUT2D eigenvalue weighted by Gasteiger charge is -2.08. The van der Waals surface area contributed by atoms with Gasteiger partial charge in [-0.3, -0.25) is 10.0 Å². The minimum atomic E-state index is -0.605. The Morgan fingerprint density at radius 1 is 1.35 bits per heavy atom. The van der Waals surface area contributed by atoms with E-state index in [0.717, 1.165) is 6.42 Å². The summed E-state index contributed by atoms with van der Waals surface area (Å²) in [6.07, 6.45) is 5.40. The summed E-state index contributed by atoms with van der Waals surface area (Å²) in [6.45, 7) is 0. The van der Waals surface area contributed by atoms with Gasteiger partial charge in [0, 0.05) is 24.2 Å². The summed E-state index contributed by atoms with van der Waals surface area (Å²) >= 11 is 6.24. The summed E-state index contributed by atoms with van der Waals surface area (Å²) in [4.78, 5) is 15.2. The predicted molar refractivity (Wildman–Crippen MR) is 89.4 cm³/mol. The van der Waals surface area contributed by atoms with Crippen molar-refractivity contribution in [2.75, 3.05) is 5.32 Å². The van der Waals surface area contributed by atoms with Gasteiger partial charge >= 0.3 is 0 Å². The van der Waals surface area contributed by atoms with Crippen LogP contribution in [0.4, 0.5) is 5.82 Å². The normalized spacial score (nSPS) is 19.6. The largest absolute Gasteiger partial charge is 0.365 e. The van der Waals surface area contributed by atoms with Crippen LogP contribution in [0, 0.1) is 0 Å². The van der Waals surface area contributed by atoms with Crippen LogP contribution in [0.1, 0.15) is 23.5 Å². The summed E-state index contributed by atoms with van der Waals surface area (Å²) in [6, 6.07) is 12.4. The van der Waals surface area contributed by atoms with Gasteiger partial charge in [0.25, 0.3) is 5.91 Å². The molecule has 118 valence electrons. The number of nitrogens with zero attached hydrogens (tertiary/aromatic N) is 1. The zero-order valence-electron chi connectivity index (χ0n) is 12.2. The molecule has 1 amide bonds. The molecule has 2 atom stereocenters. The maximum absolute atomic E-state index is 10.9. The summed E-state index contributed by atoms with van der Waals surface area (Å²) in [7, 11) is 0. The predicted octanol–water partition coefficient (Wildman–Crippen LogP) is 3.22. The minimum Gasteiger partial charge on any atom is -0.365 e. The molecular weight excluding hydrogens is 314 g/mol. The fraction of sp³-hybridized carbons (Fsp3) is 0.176. The molecule has 0 bridgehead atoms. The molecule has 1 aliphatic rings. The lowest BCUT2D eigenvalue weighted by Crippen LogP contribution is -2.14. The second kappa shape index (κ2) is 6.81. The number of carbonyl (C=O) groups excluding carboxylic acids is 1. The first-order chi connectivity index (χ1) is 11.2. The van der Waals surface area contributed by atoms with Gasteiger partial charge in [-0.15, -0.1) is 0 Å². The average molecular weight is 330 g/mol. The van der Waals surface area contributed by atoms with Gasteiger partial charge in [-0.25, -0.2) is 10.5 Å². The van der Waals surface area contributed by atoms with Crippen molar-refractivity contribution in [3.8, 4) is 0 Å². The van der Waals surface area contributed by atoms with E-state index in [1.54, 1.807) is 12.3 Å². The number of carbonyl (C=O) groups is 1. The molecule has 0 radical (unpaired) electrons. The van der Waals surface area contributed by atoms with Crippen LogP contribution in [0.3, 0.4) is 0 Å². The number of anilines is 1. The molecule has 3 N–H and O–H groups in total. The number of nitrogens with one attached hydrogen (secondary N) is 2. The molecule has 1 heterocycles. The van der Waals surface area contributed by atoms with E-state index in [1.165, 1.54) is 23.2 Å². The van der Waals surface area contributed by atoms with Crippen LogP contribution >= 0.6 is 11.6 Å². The Balaban J connectivity index is 1.64. The first-order valence-corrected chi connectivity index (χ1v) is 7.64. The number of hydrogen-bond donors (Lipinski definition) is 3. The molecular formula is C17H16ClN3O2. The third-order valence-corrected chi connectivity index (χ3v) is 4.03. The number of benzene rings is 1. The fourth-order valence-electron chi connectivity index (χ4n) is 2.46. The van der Waals surface area contributed by atoms with Gasteiger partial charge < -0.3 is 5.32 Å². The van der Waals surface area contributed by atoms with E-state index < -0.39 is 5.91 Å². The Hall–Kier alpha value is -2.37. The molecule has 0 saturated heterocycles. The van der Waals surface area contributed by atoms with Crippen molar-refractivity contribution < 1.29 is 10.0 Å². The van der Waals surface area contributed by atoms with Gasteiger partial charge in [0.15, 0.2) is 0 Å². The van der Waals surface area contributed by atoms with E-state index in [2.05, 4.69) is 22.4 Å².